The van der Waals surface area contributed by atoms with E-state index in [1.54, 1.807) is 0 Å². The molecular formula is C17H23NO6. The van der Waals surface area contributed by atoms with Crippen LogP contribution in [-0.4, -0.2) is 55.3 Å². The summed E-state index contributed by atoms with van der Waals surface area (Å²) >= 11 is 0. The number of Topliss-reactive ketones (excluding diaryl/α,β-unsaturated/α-hetero) is 1. The second kappa shape index (κ2) is 6.53. The highest BCUT2D eigenvalue weighted by Crippen LogP contribution is 2.47. The second-order valence-electron chi connectivity index (χ2n) is 7.05. The zero-order valence-corrected chi connectivity index (χ0v) is 14.0. The van der Waals surface area contributed by atoms with E-state index in [4.69, 9.17) is 9.47 Å². The number of amides is 1. The van der Waals surface area contributed by atoms with E-state index in [1.165, 1.54) is 19.1 Å². The third-order valence-electron chi connectivity index (χ3n) is 5.75. The molecule has 24 heavy (non-hydrogen) atoms. The Morgan fingerprint density at radius 3 is 2.33 bits per heavy atom. The molecule has 7 heteroatoms. The molecule has 0 radical (unpaired) electrons. The number of methoxy groups -OCH3 is 2. The number of ketones is 1. The molecule has 7 nitrogen and oxygen atoms in total. The lowest BCUT2D eigenvalue weighted by atomic mass is 9.84. The molecule has 1 saturated heterocycles. The van der Waals surface area contributed by atoms with Crippen molar-refractivity contribution in [2.24, 2.45) is 23.7 Å². The normalized spacial score (nSPS) is 35.0. The number of fused-ring (bicyclic) bond motifs is 2. The fourth-order valence-corrected chi connectivity index (χ4v) is 4.54. The van der Waals surface area contributed by atoms with Gasteiger partial charge in [-0.2, -0.15) is 0 Å². The predicted molar refractivity (Wildman–Crippen MR) is 81.6 cm³/mol. The largest absolute Gasteiger partial charge is 0.469 e. The van der Waals surface area contributed by atoms with Crippen LogP contribution < -0.4 is 0 Å². The number of hydrogen-bond donors (Lipinski definition) is 0. The van der Waals surface area contributed by atoms with Crippen LogP contribution in [0.5, 0.6) is 0 Å². The summed E-state index contributed by atoms with van der Waals surface area (Å²) in [4.78, 5) is 50.4. The summed E-state index contributed by atoms with van der Waals surface area (Å²) in [5.74, 6) is -1.62. The Bertz CT molecular complexity index is 573. The first-order valence-corrected chi connectivity index (χ1v) is 8.45. The SMILES string of the molecule is COC(=O)C1CCC(C(=O)OC)N(C(=O)C2C[C@H]3CC(=O)[C@@H]2C3)C1. The summed E-state index contributed by atoms with van der Waals surface area (Å²) in [6, 6.07) is -0.683. The van der Waals surface area contributed by atoms with Crippen LogP contribution in [-0.2, 0) is 28.7 Å². The summed E-state index contributed by atoms with van der Waals surface area (Å²) in [6.45, 7) is 0.146. The number of nitrogens with zero attached hydrogens (tertiary/aromatic N) is 1. The monoisotopic (exact) mass is 337 g/mol. The van der Waals surface area contributed by atoms with Crippen LogP contribution in [0.1, 0.15) is 32.1 Å². The molecule has 0 spiro atoms. The van der Waals surface area contributed by atoms with Gasteiger partial charge in [-0.15, -0.1) is 0 Å². The summed E-state index contributed by atoms with van der Waals surface area (Å²) in [7, 11) is 2.61. The molecule has 3 rings (SSSR count). The van der Waals surface area contributed by atoms with E-state index in [2.05, 4.69) is 0 Å². The van der Waals surface area contributed by atoms with Gasteiger partial charge in [0.2, 0.25) is 5.91 Å². The number of likely N-dealkylation sites (tertiary alicyclic amines) is 1. The van der Waals surface area contributed by atoms with Gasteiger partial charge in [0.05, 0.1) is 20.1 Å². The Kier molecular flexibility index (Phi) is 4.60. The van der Waals surface area contributed by atoms with Crippen molar-refractivity contribution < 1.29 is 28.7 Å². The summed E-state index contributed by atoms with van der Waals surface area (Å²) in [6.07, 6.45) is 2.88. The number of rotatable bonds is 3. The van der Waals surface area contributed by atoms with Crippen LogP contribution in [0.3, 0.4) is 0 Å². The van der Waals surface area contributed by atoms with Gasteiger partial charge in [-0.3, -0.25) is 14.4 Å². The van der Waals surface area contributed by atoms with Gasteiger partial charge in [0.1, 0.15) is 11.8 Å². The second-order valence-corrected chi connectivity index (χ2v) is 7.05. The minimum absolute atomic E-state index is 0.146. The number of ether oxygens (including phenoxy) is 2. The predicted octanol–water partition coefficient (Wildman–Crippen LogP) is 0.555. The van der Waals surface area contributed by atoms with Crippen LogP contribution in [0.4, 0.5) is 0 Å². The maximum absolute atomic E-state index is 13.0. The molecule has 2 bridgehead atoms. The maximum Gasteiger partial charge on any atom is 0.328 e. The van der Waals surface area contributed by atoms with Crippen LogP contribution in [0, 0.1) is 23.7 Å². The fraction of sp³-hybridized carbons (Fsp3) is 0.765. The molecule has 2 saturated carbocycles. The first-order chi connectivity index (χ1) is 11.5. The van der Waals surface area contributed by atoms with Crippen LogP contribution in [0.2, 0.25) is 0 Å². The third-order valence-corrected chi connectivity index (χ3v) is 5.75. The number of esters is 2. The number of hydrogen-bond acceptors (Lipinski definition) is 6. The van der Waals surface area contributed by atoms with Crippen molar-refractivity contribution in [1.82, 2.24) is 4.90 Å². The Morgan fingerprint density at radius 1 is 1.04 bits per heavy atom. The molecule has 3 aliphatic rings. The number of carbonyl (C=O) groups excluding carboxylic acids is 4. The van der Waals surface area contributed by atoms with E-state index < -0.39 is 17.9 Å². The molecule has 2 aliphatic carbocycles. The minimum atomic E-state index is -0.683. The Balaban J connectivity index is 1.79. The molecule has 1 amide bonds. The zero-order chi connectivity index (χ0) is 17.4. The van der Waals surface area contributed by atoms with Crippen LogP contribution in [0.15, 0.2) is 0 Å². The minimum Gasteiger partial charge on any atom is -0.469 e. The van der Waals surface area contributed by atoms with Gasteiger partial charge in [0.15, 0.2) is 0 Å². The summed E-state index contributed by atoms with van der Waals surface area (Å²) < 4.78 is 9.61. The molecule has 0 aromatic rings. The van der Waals surface area contributed by atoms with Gasteiger partial charge in [-0.25, -0.2) is 4.79 Å². The van der Waals surface area contributed by atoms with Gasteiger partial charge in [-0.1, -0.05) is 0 Å². The van der Waals surface area contributed by atoms with Crippen LogP contribution in [0.25, 0.3) is 0 Å². The lowest BCUT2D eigenvalue weighted by molar-refractivity contribution is -0.162. The van der Waals surface area contributed by atoms with Crippen molar-refractivity contribution in [2.75, 3.05) is 20.8 Å². The standard InChI is InChI=1S/C17H23NO6/c1-23-16(21)10-3-4-13(17(22)24-2)18(8-10)15(20)12-6-9-5-11(12)14(19)7-9/h9-13H,3-8H2,1-2H3/t9-,10?,11+,12?,13?/m0/s1. The molecule has 1 heterocycles. The smallest absolute Gasteiger partial charge is 0.328 e. The van der Waals surface area contributed by atoms with E-state index in [9.17, 15) is 19.2 Å². The molecule has 132 valence electrons. The van der Waals surface area contributed by atoms with Crippen molar-refractivity contribution >= 4 is 23.6 Å². The Labute approximate surface area is 140 Å². The van der Waals surface area contributed by atoms with Gasteiger partial charge >= 0.3 is 11.9 Å². The van der Waals surface area contributed by atoms with Crippen molar-refractivity contribution in [2.45, 2.75) is 38.1 Å². The summed E-state index contributed by atoms with van der Waals surface area (Å²) in [5, 5.41) is 0. The van der Waals surface area contributed by atoms with Crippen molar-refractivity contribution in [1.29, 1.82) is 0 Å². The molecule has 3 fully saturated rings. The first kappa shape index (κ1) is 16.9. The van der Waals surface area contributed by atoms with Gasteiger partial charge in [0, 0.05) is 24.8 Å². The average Bonchev–Trinajstić information content (AvgIpc) is 3.18. The van der Waals surface area contributed by atoms with Crippen LogP contribution >= 0.6 is 0 Å². The molecule has 3 unspecified atom stereocenters. The molecule has 0 N–H and O–H groups in total. The zero-order valence-electron chi connectivity index (χ0n) is 14.0. The molecule has 1 aliphatic heterocycles. The highest BCUT2D eigenvalue weighted by Gasteiger charge is 2.51. The highest BCUT2D eigenvalue weighted by atomic mass is 16.5. The average molecular weight is 337 g/mol. The van der Waals surface area contributed by atoms with Gasteiger partial charge < -0.3 is 14.4 Å². The lowest BCUT2D eigenvalue weighted by Crippen LogP contribution is -2.55. The van der Waals surface area contributed by atoms with Gasteiger partial charge in [-0.05, 0) is 31.6 Å². The number of piperidine rings is 1. The molecule has 0 aromatic heterocycles. The molecule has 5 atom stereocenters. The number of carbonyl (C=O) groups is 4. The Morgan fingerprint density at radius 2 is 1.75 bits per heavy atom. The van der Waals surface area contributed by atoms with E-state index >= 15 is 0 Å². The first-order valence-electron chi connectivity index (χ1n) is 8.45. The molecule has 0 aromatic carbocycles. The van der Waals surface area contributed by atoms with E-state index in [0.29, 0.717) is 25.7 Å². The van der Waals surface area contributed by atoms with Crippen molar-refractivity contribution in [3.05, 3.63) is 0 Å². The van der Waals surface area contributed by atoms with Crippen molar-refractivity contribution in [3.8, 4) is 0 Å². The van der Waals surface area contributed by atoms with E-state index in [1.807, 2.05) is 0 Å². The topological polar surface area (TPSA) is 90.0 Å². The fourth-order valence-electron chi connectivity index (χ4n) is 4.54. The molecular weight excluding hydrogens is 314 g/mol. The Hall–Kier alpha value is -1.92. The maximum atomic E-state index is 13.0. The highest BCUT2D eigenvalue weighted by molar-refractivity contribution is 5.94. The quantitative estimate of drug-likeness (QED) is 0.699. The van der Waals surface area contributed by atoms with Gasteiger partial charge in [0.25, 0.3) is 0 Å². The third kappa shape index (κ3) is 2.80. The van der Waals surface area contributed by atoms with E-state index in [0.717, 1.165) is 6.42 Å². The summed E-state index contributed by atoms with van der Waals surface area (Å²) in [5.41, 5.74) is 0. The lowest BCUT2D eigenvalue weighted by Gasteiger charge is -2.39. The van der Waals surface area contributed by atoms with E-state index in [-0.39, 0.29) is 42.0 Å². The van der Waals surface area contributed by atoms with Crippen molar-refractivity contribution in [3.63, 3.8) is 0 Å².